The van der Waals surface area contributed by atoms with Crippen LogP contribution in [0.3, 0.4) is 0 Å². The second-order valence-electron chi connectivity index (χ2n) is 6.68. The molecule has 0 amide bonds. The van der Waals surface area contributed by atoms with Crippen LogP contribution in [0.4, 0.5) is 0 Å². The molecule has 3 nitrogen and oxygen atoms in total. The number of hydrogen-bond acceptors (Lipinski definition) is 3. The van der Waals surface area contributed by atoms with Crippen LogP contribution >= 0.6 is 0 Å². The Morgan fingerprint density at radius 2 is 1.82 bits per heavy atom. The maximum atomic E-state index is 11.5. The van der Waals surface area contributed by atoms with Crippen LogP contribution in [-0.4, -0.2) is 25.1 Å². The molecule has 0 bridgehead atoms. The normalized spacial score (nSPS) is 15.2. The minimum absolute atomic E-state index is 0.0338. The van der Waals surface area contributed by atoms with Crippen LogP contribution in [-0.2, 0) is 14.3 Å². The monoisotopic (exact) mass is 310 g/mol. The van der Waals surface area contributed by atoms with Gasteiger partial charge >= 0.3 is 0 Å². The fourth-order valence-electron chi connectivity index (χ4n) is 2.09. The highest BCUT2D eigenvalue weighted by Crippen LogP contribution is 2.23. The smallest absolute Gasteiger partial charge is 0.162 e. The van der Waals surface area contributed by atoms with Crippen molar-refractivity contribution < 1.29 is 14.3 Å². The summed E-state index contributed by atoms with van der Waals surface area (Å²) in [6, 6.07) is 0. The van der Waals surface area contributed by atoms with Crippen LogP contribution in [0.25, 0.3) is 0 Å². The van der Waals surface area contributed by atoms with Crippen LogP contribution in [0.5, 0.6) is 0 Å². The van der Waals surface area contributed by atoms with Crippen molar-refractivity contribution in [1.29, 1.82) is 0 Å². The Morgan fingerprint density at radius 3 is 2.32 bits per heavy atom. The number of rotatable bonds is 13. The van der Waals surface area contributed by atoms with E-state index < -0.39 is 6.10 Å². The van der Waals surface area contributed by atoms with Gasteiger partial charge < -0.3 is 9.47 Å². The molecule has 0 N–H and O–H groups in total. The van der Waals surface area contributed by atoms with Crippen LogP contribution in [0.2, 0.25) is 0 Å². The summed E-state index contributed by atoms with van der Waals surface area (Å²) < 4.78 is 11.0. The number of hydrogen-bond donors (Lipinski definition) is 0. The van der Waals surface area contributed by atoms with E-state index >= 15 is 0 Å². The Hall–Kier alpha value is -1.09. The Morgan fingerprint density at radius 1 is 1.18 bits per heavy atom. The molecule has 0 saturated heterocycles. The van der Waals surface area contributed by atoms with Gasteiger partial charge in [0.1, 0.15) is 12.7 Å². The molecule has 0 radical (unpaired) electrons. The van der Waals surface area contributed by atoms with Gasteiger partial charge in [-0.2, -0.15) is 0 Å². The molecule has 0 saturated carbocycles. The Labute approximate surface area is 136 Å². The highest BCUT2D eigenvalue weighted by atomic mass is 16.5. The van der Waals surface area contributed by atoms with E-state index in [-0.39, 0.29) is 12.4 Å². The van der Waals surface area contributed by atoms with Crippen LogP contribution in [0.1, 0.15) is 53.9 Å². The van der Waals surface area contributed by atoms with Crippen molar-refractivity contribution in [2.75, 3.05) is 13.2 Å². The second-order valence-corrected chi connectivity index (χ2v) is 6.68. The average molecular weight is 310 g/mol. The van der Waals surface area contributed by atoms with E-state index in [4.69, 9.17) is 9.47 Å². The zero-order chi connectivity index (χ0) is 17.1. The number of allylic oxidation sites excluding steroid dienone is 1. The molecule has 0 aromatic rings. The summed E-state index contributed by atoms with van der Waals surface area (Å²) in [6.45, 7) is 18.7. The van der Waals surface area contributed by atoms with Crippen molar-refractivity contribution in [1.82, 2.24) is 0 Å². The van der Waals surface area contributed by atoms with Gasteiger partial charge in [-0.15, -0.1) is 6.58 Å². The van der Waals surface area contributed by atoms with Gasteiger partial charge in [0.2, 0.25) is 0 Å². The lowest BCUT2D eigenvalue weighted by Crippen LogP contribution is -2.27. The predicted octanol–water partition coefficient (Wildman–Crippen LogP) is 4.78. The molecule has 0 rings (SSSR count). The van der Waals surface area contributed by atoms with Crippen molar-refractivity contribution in [3.8, 4) is 0 Å². The van der Waals surface area contributed by atoms with E-state index in [0.29, 0.717) is 12.5 Å². The Bertz CT molecular complexity index is 347. The fourth-order valence-corrected chi connectivity index (χ4v) is 2.09. The highest BCUT2D eigenvalue weighted by Gasteiger charge is 2.16. The van der Waals surface area contributed by atoms with Gasteiger partial charge in [0, 0.05) is 6.42 Å². The van der Waals surface area contributed by atoms with Crippen molar-refractivity contribution in [3.05, 3.63) is 25.0 Å². The summed E-state index contributed by atoms with van der Waals surface area (Å²) in [7, 11) is 0. The number of carbonyl (C=O) groups is 1. The number of ether oxygens (including phenoxy) is 2. The Kier molecular flexibility index (Phi) is 10.9. The molecule has 0 aliphatic rings. The first kappa shape index (κ1) is 20.9. The SMILES string of the molecule is C=CCO[C@@H](COC(=C)CC(C)CCC(C)C(C)C)C(C)=O. The maximum absolute atomic E-state index is 11.5. The van der Waals surface area contributed by atoms with E-state index in [1.165, 1.54) is 19.8 Å². The molecule has 0 aliphatic heterocycles. The van der Waals surface area contributed by atoms with Crippen molar-refractivity contribution >= 4 is 5.78 Å². The van der Waals surface area contributed by atoms with E-state index in [1.807, 2.05) is 0 Å². The number of ketones is 1. The largest absolute Gasteiger partial charge is 0.495 e. The first-order valence-corrected chi connectivity index (χ1v) is 8.31. The quantitative estimate of drug-likeness (QED) is 0.363. The molecule has 128 valence electrons. The van der Waals surface area contributed by atoms with Crippen LogP contribution in [0.15, 0.2) is 25.0 Å². The number of carbonyl (C=O) groups excluding carboxylic acids is 1. The zero-order valence-electron chi connectivity index (χ0n) is 15.1. The van der Waals surface area contributed by atoms with Crippen LogP contribution in [0, 0.1) is 17.8 Å². The van der Waals surface area contributed by atoms with E-state index in [9.17, 15) is 4.79 Å². The van der Waals surface area contributed by atoms with E-state index in [2.05, 4.69) is 40.9 Å². The third-order valence-electron chi connectivity index (χ3n) is 4.14. The topological polar surface area (TPSA) is 35.5 Å². The molecule has 3 heteroatoms. The number of Topliss-reactive ketones (excluding diaryl/α,β-unsaturated/α-hetero) is 1. The Balaban J connectivity index is 4.05. The van der Waals surface area contributed by atoms with Gasteiger partial charge in [0.25, 0.3) is 0 Å². The van der Waals surface area contributed by atoms with Gasteiger partial charge in [-0.25, -0.2) is 0 Å². The van der Waals surface area contributed by atoms with Crippen LogP contribution < -0.4 is 0 Å². The highest BCUT2D eigenvalue weighted by molar-refractivity contribution is 5.80. The van der Waals surface area contributed by atoms with Gasteiger partial charge in [0.15, 0.2) is 5.78 Å². The van der Waals surface area contributed by atoms with Crippen molar-refractivity contribution in [2.45, 2.75) is 60.0 Å². The lowest BCUT2D eigenvalue weighted by atomic mass is 9.89. The zero-order valence-corrected chi connectivity index (χ0v) is 15.1. The summed E-state index contributed by atoms with van der Waals surface area (Å²) in [5.41, 5.74) is 0. The molecule has 0 aliphatic carbocycles. The third kappa shape index (κ3) is 9.78. The summed E-state index contributed by atoms with van der Waals surface area (Å²) in [5, 5.41) is 0. The van der Waals surface area contributed by atoms with Gasteiger partial charge in [0.05, 0.1) is 12.4 Å². The standard InChI is InChI=1S/C19H34O3/c1-8-11-21-19(18(7)20)13-22-17(6)12-15(4)9-10-16(5)14(2)3/h8,14-16,19H,1,6,9-13H2,2-5,7H3/t15?,16?,19-/m0/s1. The third-order valence-corrected chi connectivity index (χ3v) is 4.14. The van der Waals surface area contributed by atoms with E-state index in [0.717, 1.165) is 24.0 Å². The second kappa shape index (κ2) is 11.5. The molecule has 0 heterocycles. The lowest BCUT2D eigenvalue weighted by Gasteiger charge is -2.20. The van der Waals surface area contributed by atoms with Gasteiger partial charge in [-0.05, 0) is 24.7 Å². The molecule has 0 fully saturated rings. The molecular weight excluding hydrogens is 276 g/mol. The van der Waals surface area contributed by atoms with Crippen molar-refractivity contribution in [2.24, 2.45) is 17.8 Å². The van der Waals surface area contributed by atoms with Crippen molar-refractivity contribution in [3.63, 3.8) is 0 Å². The molecule has 22 heavy (non-hydrogen) atoms. The minimum Gasteiger partial charge on any atom is -0.495 e. The minimum atomic E-state index is -0.536. The average Bonchev–Trinajstić information content (AvgIpc) is 2.44. The van der Waals surface area contributed by atoms with E-state index in [1.54, 1.807) is 6.08 Å². The van der Waals surface area contributed by atoms with Gasteiger partial charge in [-0.1, -0.05) is 53.2 Å². The first-order valence-electron chi connectivity index (χ1n) is 8.31. The predicted molar refractivity (Wildman–Crippen MR) is 92.7 cm³/mol. The summed E-state index contributed by atoms with van der Waals surface area (Å²) >= 11 is 0. The summed E-state index contributed by atoms with van der Waals surface area (Å²) in [4.78, 5) is 11.5. The molecule has 3 atom stereocenters. The molecule has 0 aromatic carbocycles. The summed E-state index contributed by atoms with van der Waals surface area (Å²) in [6.07, 6.45) is 4.32. The maximum Gasteiger partial charge on any atom is 0.162 e. The molecular formula is C19H34O3. The molecule has 0 aromatic heterocycles. The van der Waals surface area contributed by atoms with Gasteiger partial charge in [-0.3, -0.25) is 4.79 Å². The summed E-state index contributed by atoms with van der Waals surface area (Å²) in [5.74, 6) is 2.71. The first-order chi connectivity index (χ1) is 10.3. The lowest BCUT2D eigenvalue weighted by molar-refractivity contribution is -0.130. The molecule has 0 spiro atoms. The molecule has 2 unspecified atom stereocenters. The fraction of sp³-hybridized carbons (Fsp3) is 0.737.